The molecule has 0 heterocycles. The Morgan fingerprint density at radius 2 is 1.66 bits per heavy atom. The van der Waals surface area contributed by atoms with Gasteiger partial charge in [-0.1, -0.05) is 47.5 Å². The van der Waals surface area contributed by atoms with Crippen LogP contribution < -0.4 is 15.4 Å². The van der Waals surface area contributed by atoms with Gasteiger partial charge >= 0.3 is 0 Å². The van der Waals surface area contributed by atoms with E-state index in [4.69, 9.17) is 27.9 Å². The van der Waals surface area contributed by atoms with Crippen LogP contribution in [-0.4, -0.2) is 35.6 Å². The van der Waals surface area contributed by atoms with Crippen LogP contribution in [0.2, 0.25) is 10.0 Å². The van der Waals surface area contributed by atoms with Gasteiger partial charge in [0.25, 0.3) is 11.8 Å². The first-order valence-corrected chi connectivity index (χ1v) is 13.9. The van der Waals surface area contributed by atoms with Gasteiger partial charge in [0, 0.05) is 33.3 Å². The Kier molecular flexibility index (Phi) is 10.1. The number of aromatic hydroxyl groups is 1. The van der Waals surface area contributed by atoms with Crippen molar-refractivity contribution < 1.29 is 24.2 Å². The highest BCUT2D eigenvalue weighted by atomic mass is 35.5. The number of thioether (sulfide) groups is 1. The second-order valence-electron chi connectivity index (χ2n) is 8.63. The Labute approximate surface area is 251 Å². The predicted molar refractivity (Wildman–Crippen MR) is 163 cm³/mol. The summed E-state index contributed by atoms with van der Waals surface area (Å²) in [5.41, 5.74) is 1.70. The monoisotopic (exact) mass is 606 g/mol. The Morgan fingerprint density at radius 1 is 0.878 bits per heavy atom. The van der Waals surface area contributed by atoms with E-state index in [1.54, 1.807) is 66.7 Å². The number of ketones is 1. The smallest absolute Gasteiger partial charge is 0.272 e. The third-order valence-corrected chi connectivity index (χ3v) is 7.48. The highest BCUT2D eigenvalue weighted by Crippen LogP contribution is 2.28. The zero-order valence-corrected chi connectivity index (χ0v) is 24.0. The van der Waals surface area contributed by atoms with Crippen LogP contribution in [0, 0.1) is 0 Å². The first kappa shape index (κ1) is 29.7. The third-order valence-electron chi connectivity index (χ3n) is 5.75. The number of carbonyl (C=O) groups excluding carboxylic acids is 3. The fourth-order valence-electron chi connectivity index (χ4n) is 3.68. The molecule has 0 saturated heterocycles. The topological polar surface area (TPSA) is 105 Å². The highest BCUT2D eigenvalue weighted by Gasteiger charge is 2.17. The number of Topliss-reactive ketones (excluding diaryl/α,β-unsaturated/α-hetero) is 1. The van der Waals surface area contributed by atoms with Crippen molar-refractivity contribution in [2.24, 2.45) is 0 Å². The van der Waals surface area contributed by atoms with Crippen LogP contribution in [0.4, 0.5) is 5.69 Å². The van der Waals surface area contributed by atoms with E-state index in [0.717, 1.165) is 4.90 Å². The average Bonchev–Trinajstić information content (AvgIpc) is 2.98. The van der Waals surface area contributed by atoms with Crippen molar-refractivity contribution in [1.29, 1.82) is 0 Å². The lowest BCUT2D eigenvalue weighted by Crippen LogP contribution is -2.30. The second-order valence-corrected chi connectivity index (χ2v) is 10.5. The first-order chi connectivity index (χ1) is 19.7. The summed E-state index contributed by atoms with van der Waals surface area (Å²) in [6.45, 7) is 0. The summed E-state index contributed by atoms with van der Waals surface area (Å²) < 4.78 is 5.33. The number of halogens is 2. The summed E-state index contributed by atoms with van der Waals surface area (Å²) in [5, 5.41) is 16.0. The van der Waals surface area contributed by atoms with E-state index in [0.29, 0.717) is 38.2 Å². The normalized spacial score (nSPS) is 11.0. The largest absolute Gasteiger partial charge is 0.508 e. The molecule has 0 unspecified atom stereocenters. The zero-order chi connectivity index (χ0) is 29.4. The predicted octanol–water partition coefficient (Wildman–Crippen LogP) is 7.09. The molecule has 7 nitrogen and oxygen atoms in total. The van der Waals surface area contributed by atoms with Gasteiger partial charge in [0.05, 0.1) is 22.9 Å². The maximum atomic E-state index is 13.4. The van der Waals surface area contributed by atoms with Gasteiger partial charge in [0.1, 0.15) is 17.2 Å². The van der Waals surface area contributed by atoms with Gasteiger partial charge in [-0.25, -0.2) is 0 Å². The lowest BCUT2D eigenvalue weighted by Gasteiger charge is -2.13. The molecule has 0 aliphatic rings. The number of rotatable bonds is 10. The van der Waals surface area contributed by atoms with E-state index in [-0.39, 0.29) is 23.0 Å². The van der Waals surface area contributed by atoms with Gasteiger partial charge < -0.3 is 20.5 Å². The minimum Gasteiger partial charge on any atom is -0.508 e. The van der Waals surface area contributed by atoms with Gasteiger partial charge in [-0.3, -0.25) is 14.4 Å². The van der Waals surface area contributed by atoms with Crippen LogP contribution >= 0.6 is 35.0 Å². The molecule has 4 rings (SSSR count). The van der Waals surface area contributed by atoms with Crippen LogP contribution in [-0.2, 0) is 4.79 Å². The number of benzene rings is 4. The molecular formula is C31H24Cl2N2O5S. The molecule has 10 heteroatoms. The zero-order valence-electron chi connectivity index (χ0n) is 21.7. The molecule has 0 fully saturated rings. The van der Waals surface area contributed by atoms with Gasteiger partial charge in [-0.15, -0.1) is 11.8 Å². The number of hydrogen-bond acceptors (Lipinski definition) is 6. The van der Waals surface area contributed by atoms with E-state index in [9.17, 15) is 19.5 Å². The van der Waals surface area contributed by atoms with Crippen LogP contribution in [0.15, 0.2) is 102 Å². The minimum atomic E-state index is -0.585. The van der Waals surface area contributed by atoms with Crippen molar-refractivity contribution in [3.63, 3.8) is 0 Å². The number of anilines is 1. The van der Waals surface area contributed by atoms with E-state index in [2.05, 4.69) is 10.6 Å². The molecule has 3 N–H and O–H groups in total. The van der Waals surface area contributed by atoms with E-state index >= 15 is 0 Å². The van der Waals surface area contributed by atoms with Crippen molar-refractivity contribution in [1.82, 2.24) is 5.32 Å². The van der Waals surface area contributed by atoms with E-state index in [1.165, 1.54) is 43.1 Å². The van der Waals surface area contributed by atoms with E-state index in [1.807, 2.05) is 6.07 Å². The third kappa shape index (κ3) is 8.14. The maximum Gasteiger partial charge on any atom is 0.272 e. The fourth-order valence-corrected chi connectivity index (χ4v) is 4.83. The molecule has 0 spiro atoms. The second kappa shape index (κ2) is 13.9. The summed E-state index contributed by atoms with van der Waals surface area (Å²) in [6, 6.07) is 24.6. The quantitative estimate of drug-likeness (QED) is 0.101. The van der Waals surface area contributed by atoms with Crippen molar-refractivity contribution in [3.05, 3.63) is 123 Å². The molecule has 0 saturated carbocycles. The number of nitrogens with one attached hydrogen (secondary N) is 2. The lowest BCUT2D eigenvalue weighted by molar-refractivity contribution is -0.113. The van der Waals surface area contributed by atoms with Crippen molar-refractivity contribution in [3.8, 4) is 11.5 Å². The van der Waals surface area contributed by atoms with E-state index < -0.39 is 11.8 Å². The molecule has 0 radical (unpaired) electrons. The van der Waals surface area contributed by atoms with Crippen molar-refractivity contribution >= 4 is 64.3 Å². The molecule has 0 aromatic heterocycles. The Hall–Kier alpha value is -4.24. The lowest BCUT2D eigenvalue weighted by atomic mass is 10.1. The molecule has 0 atom stereocenters. The van der Waals surface area contributed by atoms with Crippen molar-refractivity contribution in [2.45, 2.75) is 4.90 Å². The fraction of sp³-hybridized carbons (Fsp3) is 0.0645. The minimum absolute atomic E-state index is 0.00900. The maximum absolute atomic E-state index is 13.4. The van der Waals surface area contributed by atoms with Crippen LogP contribution in [0.25, 0.3) is 6.08 Å². The molecular weight excluding hydrogens is 583 g/mol. The summed E-state index contributed by atoms with van der Waals surface area (Å²) in [6.07, 6.45) is 1.46. The Bertz CT molecular complexity index is 1630. The highest BCUT2D eigenvalue weighted by molar-refractivity contribution is 8.00. The summed E-state index contributed by atoms with van der Waals surface area (Å²) in [7, 11) is 1.43. The van der Waals surface area contributed by atoms with Crippen LogP contribution in [0.5, 0.6) is 11.5 Å². The Balaban J connectivity index is 1.53. The molecule has 41 heavy (non-hydrogen) atoms. The molecule has 2 amide bonds. The SMILES string of the molecule is COc1cc(O)ccc1/C=C(\NC(=O)c1ccccc1)C(=O)Nc1cccc(SCC(=O)c2ccc(Cl)c(Cl)c2)c1. The number of phenolic OH excluding ortho intramolecular Hbond substituents is 1. The standard InChI is InChI=1S/C31H24Cl2N2O5S/c1-40-29-17-23(36)12-10-21(29)15-27(35-30(38)19-6-3-2-4-7-19)31(39)34-22-8-5-9-24(16-22)41-18-28(37)20-11-13-25(32)26(33)14-20/h2-17,36H,18H2,1H3,(H,34,39)(H,35,38)/b27-15-. The van der Waals surface area contributed by atoms with Crippen molar-refractivity contribution in [2.75, 3.05) is 18.2 Å². The number of hydrogen-bond donors (Lipinski definition) is 3. The van der Waals surface area contributed by atoms with Crippen LogP contribution in [0.3, 0.4) is 0 Å². The average molecular weight is 608 g/mol. The molecule has 4 aromatic carbocycles. The molecule has 208 valence electrons. The number of methoxy groups -OCH3 is 1. The number of amides is 2. The summed E-state index contributed by atoms with van der Waals surface area (Å²) >= 11 is 13.3. The number of phenols is 1. The number of carbonyl (C=O) groups is 3. The first-order valence-electron chi connectivity index (χ1n) is 12.2. The van der Waals surface area contributed by atoms with Gasteiger partial charge in [0.15, 0.2) is 5.78 Å². The molecule has 0 aliphatic heterocycles. The van der Waals surface area contributed by atoms with Gasteiger partial charge in [-0.2, -0.15) is 0 Å². The Morgan fingerprint density at radius 3 is 2.39 bits per heavy atom. The number of ether oxygens (including phenoxy) is 1. The molecule has 0 aliphatic carbocycles. The summed E-state index contributed by atoms with van der Waals surface area (Å²) in [5.74, 6) is -0.735. The molecule has 4 aromatic rings. The van der Waals surface area contributed by atoms with Gasteiger partial charge in [0.2, 0.25) is 0 Å². The van der Waals surface area contributed by atoms with Gasteiger partial charge in [-0.05, 0) is 66.7 Å². The van der Waals surface area contributed by atoms with Crippen LogP contribution in [0.1, 0.15) is 26.3 Å². The summed E-state index contributed by atoms with van der Waals surface area (Å²) in [4.78, 5) is 39.7. The molecule has 0 bridgehead atoms.